The summed E-state index contributed by atoms with van der Waals surface area (Å²) in [6, 6.07) is 15.1. The molecule has 0 amide bonds. The SMILES string of the molecule is Nc1ccc(-c2cc(-c3cccc4c3cnn4C3CCCCO3)c(=O)[nH]n2)cc1. The summed E-state index contributed by atoms with van der Waals surface area (Å²) in [6.45, 7) is 0.751. The average molecular weight is 387 g/mol. The molecule has 2 aromatic carbocycles. The molecular formula is C22H21N5O2. The van der Waals surface area contributed by atoms with Gasteiger partial charge in [0.25, 0.3) is 5.56 Å². The number of nitrogens with two attached hydrogens (primary N) is 1. The molecule has 1 aliphatic rings. The smallest absolute Gasteiger partial charge is 0.272 e. The Balaban J connectivity index is 1.62. The van der Waals surface area contributed by atoms with Crippen LogP contribution in [-0.4, -0.2) is 26.6 Å². The Bertz CT molecular complexity index is 1220. The van der Waals surface area contributed by atoms with Gasteiger partial charge in [-0.25, -0.2) is 9.78 Å². The summed E-state index contributed by atoms with van der Waals surface area (Å²) in [4.78, 5) is 12.6. The molecule has 1 unspecified atom stereocenters. The van der Waals surface area contributed by atoms with E-state index in [0.29, 0.717) is 16.9 Å². The zero-order valence-electron chi connectivity index (χ0n) is 15.8. The van der Waals surface area contributed by atoms with E-state index in [0.717, 1.165) is 47.9 Å². The molecule has 7 heteroatoms. The van der Waals surface area contributed by atoms with Crippen molar-refractivity contribution in [3.63, 3.8) is 0 Å². The van der Waals surface area contributed by atoms with Gasteiger partial charge in [0.05, 0.1) is 23.0 Å². The van der Waals surface area contributed by atoms with Crippen LogP contribution in [-0.2, 0) is 4.74 Å². The van der Waals surface area contributed by atoms with E-state index in [4.69, 9.17) is 10.5 Å². The number of rotatable bonds is 3. The molecule has 2 aromatic heterocycles. The molecule has 4 aromatic rings. The molecule has 7 nitrogen and oxygen atoms in total. The summed E-state index contributed by atoms with van der Waals surface area (Å²) < 4.78 is 7.82. The van der Waals surface area contributed by atoms with Crippen molar-refractivity contribution < 1.29 is 4.74 Å². The molecule has 0 aliphatic carbocycles. The molecule has 146 valence electrons. The number of aromatic amines is 1. The molecule has 1 fully saturated rings. The largest absolute Gasteiger partial charge is 0.399 e. The zero-order chi connectivity index (χ0) is 19.8. The molecule has 0 spiro atoms. The summed E-state index contributed by atoms with van der Waals surface area (Å²) in [5, 5.41) is 12.3. The van der Waals surface area contributed by atoms with Crippen molar-refractivity contribution in [2.75, 3.05) is 12.3 Å². The first-order valence-electron chi connectivity index (χ1n) is 9.74. The second-order valence-electron chi connectivity index (χ2n) is 7.27. The van der Waals surface area contributed by atoms with E-state index >= 15 is 0 Å². The Kier molecular flexibility index (Phi) is 4.37. The maximum absolute atomic E-state index is 12.6. The van der Waals surface area contributed by atoms with Crippen LogP contribution >= 0.6 is 0 Å². The molecule has 0 saturated carbocycles. The van der Waals surface area contributed by atoms with Crippen LogP contribution in [0.1, 0.15) is 25.5 Å². The van der Waals surface area contributed by atoms with Gasteiger partial charge in [-0.1, -0.05) is 24.3 Å². The first-order valence-corrected chi connectivity index (χ1v) is 9.74. The van der Waals surface area contributed by atoms with Crippen molar-refractivity contribution in [1.82, 2.24) is 20.0 Å². The Hall–Kier alpha value is -3.45. The molecule has 3 N–H and O–H groups in total. The number of H-pyrrole nitrogens is 1. The average Bonchev–Trinajstić information content (AvgIpc) is 3.20. The molecule has 1 aliphatic heterocycles. The lowest BCUT2D eigenvalue weighted by Crippen LogP contribution is -2.18. The molecule has 1 atom stereocenters. The van der Waals surface area contributed by atoms with Gasteiger partial charge in [-0.2, -0.15) is 10.2 Å². The number of nitrogens with zero attached hydrogens (tertiary/aromatic N) is 3. The minimum atomic E-state index is -0.238. The predicted octanol–water partition coefficient (Wildman–Crippen LogP) is 3.73. The normalized spacial score (nSPS) is 16.9. The van der Waals surface area contributed by atoms with Crippen molar-refractivity contribution in [2.45, 2.75) is 25.5 Å². The van der Waals surface area contributed by atoms with E-state index in [1.54, 1.807) is 0 Å². The third kappa shape index (κ3) is 3.19. The Morgan fingerprint density at radius 3 is 2.76 bits per heavy atom. The van der Waals surface area contributed by atoms with E-state index in [2.05, 4.69) is 15.3 Å². The zero-order valence-corrected chi connectivity index (χ0v) is 15.8. The molecule has 1 saturated heterocycles. The Morgan fingerprint density at radius 1 is 1.10 bits per heavy atom. The van der Waals surface area contributed by atoms with Crippen molar-refractivity contribution in [1.29, 1.82) is 0 Å². The van der Waals surface area contributed by atoms with Crippen LogP contribution in [0.25, 0.3) is 33.3 Å². The summed E-state index contributed by atoms with van der Waals surface area (Å²) >= 11 is 0. The van der Waals surface area contributed by atoms with Gasteiger partial charge in [-0.05, 0) is 49.1 Å². The van der Waals surface area contributed by atoms with E-state index in [9.17, 15) is 4.79 Å². The van der Waals surface area contributed by atoms with Crippen molar-refractivity contribution in [3.05, 3.63) is 65.1 Å². The predicted molar refractivity (Wildman–Crippen MR) is 112 cm³/mol. The highest BCUT2D eigenvalue weighted by Gasteiger charge is 2.20. The minimum absolute atomic E-state index is 0.0578. The third-order valence-corrected chi connectivity index (χ3v) is 5.37. The number of benzene rings is 2. The van der Waals surface area contributed by atoms with Crippen LogP contribution in [0.4, 0.5) is 5.69 Å². The van der Waals surface area contributed by atoms with E-state index in [-0.39, 0.29) is 11.8 Å². The van der Waals surface area contributed by atoms with Gasteiger partial charge in [0.1, 0.15) is 0 Å². The summed E-state index contributed by atoms with van der Waals surface area (Å²) in [6.07, 6.45) is 4.91. The summed E-state index contributed by atoms with van der Waals surface area (Å²) in [5.41, 5.74) is 10.1. The highest BCUT2D eigenvalue weighted by molar-refractivity contribution is 5.95. The highest BCUT2D eigenvalue weighted by Crippen LogP contribution is 2.32. The van der Waals surface area contributed by atoms with Gasteiger partial charge in [0.15, 0.2) is 6.23 Å². The lowest BCUT2D eigenvalue weighted by Gasteiger charge is -2.23. The third-order valence-electron chi connectivity index (χ3n) is 5.37. The van der Waals surface area contributed by atoms with Crippen LogP contribution < -0.4 is 11.3 Å². The molecule has 0 radical (unpaired) electrons. The van der Waals surface area contributed by atoms with Crippen LogP contribution in [0.3, 0.4) is 0 Å². The molecular weight excluding hydrogens is 366 g/mol. The van der Waals surface area contributed by atoms with E-state index in [1.807, 2.05) is 59.4 Å². The number of nitrogen functional groups attached to an aromatic ring is 1. The van der Waals surface area contributed by atoms with E-state index in [1.165, 1.54) is 0 Å². The van der Waals surface area contributed by atoms with Crippen molar-refractivity contribution in [3.8, 4) is 22.4 Å². The fourth-order valence-electron chi connectivity index (χ4n) is 3.86. The second kappa shape index (κ2) is 7.18. The number of aromatic nitrogens is 4. The van der Waals surface area contributed by atoms with Gasteiger partial charge in [-0.15, -0.1) is 0 Å². The highest BCUT2D eigenvalue weighted by atomic mass is 16.5. The fourth-order valence-corrected chi connectivity index (χ4v) is 3.86. The topological polar surface area (TPSA) is 98.8 Å². The van der Waals surface area contributed by atoms with Crippen LogP contribution in [0, 0.1) is 0 Å². The monoisotopic (exact) mass is 387 g/mol. The van der Waals surface area contributed by atoms with Gasteiger partial charge < -0.3 is 10.5 Å². The summed E-state index contributed by atoms with van der Waals surface area (Å²) in [7, 11) is 0. The first kappa shape index (κ1) is 17.6. The van der Waals surface area contributed by atoms with Crippen LogP contribution in [0.15, 0.2) is 59.5 Å². The standard InChI is InChI=1S/C22H21N5O2/c23-15-9-7-14(8-10-15)19-12-17(22(28)26-25-19)16-4-3-5-20-18(16)13-24-27(20)21-6-1-2-11-29-21/h3-5,7-10,12-13,21H,1-2,6,11,23H2,(H,26,28). The number of ether oxygens (including phenoxy) is 1. The number of hydrogen-bond donors (Lipinski definition) is 2. The molecule has 3 heterocycles. The number of fused-ring (bicyclic) bond motifs is 1. The van der Waals surface area contributed by atoms with Gasteiger partial charge in [-0.3, -0.25) is 4.79 Å². The van der Waals surface area contributed by atoms with Crippen molar-refractivity contribution in [2.24, 2.45) is 0 Å². The van der Waals surface area contributed by atoms with Crippen LogP contribution in [0.5, 0.6) is 0 Å². The van der Waals surface area contributed by atoms with E-state index < -0.39 is 0 Å². The molecule has 0 bridgehead atoms. The number of nitrogens with one attached hydrogen (secondary N) is 1. The van der Waals surface area contributed by atoms with Gasteiger partial charge in [0, 0.05) is 23.2 Å². The first-order chi connectivity index (χ1) is 14.2. The maximum atomic E-state index is 12.6. The van der Waals surface area contributed by atoms with Gasteiger partial charge in [0.2, 0.25) is 0 Å². The lowest BCUT2D eigenvalue weighted by molar-refractivity contribution is -0.0366. The number of anilines is 1. The summed E-state index contributed by atoms with van der Waals surface area (Å²) in [5.74, 6) is 0. The van der Waals surface area contributed by atoms with Crippen LogP contribution in [0.2, 0.25) is 0 Å². The minimum Gasteiger partial charge on any atom is -0.399 e. The van der Waals surface area contributed by atoms with Gasteiger partial charge >= 0.3 is 0 Å². The van der Waals surface area contributed by atoms with Crippen molar-refractivity contribution >= 4 is 16.6 Å². The molecule has 29 heavy (non-hydrogen) atoms. The lowest BCUT2D eigenvalue weighted by atomic mass is 10.0. The number of hydrogen-bond acceptors (Lipinski definition) is 5. The molecule has 5 rings (SSSR count). The fraction of sp³-hybridized carbons (Fsp3) is 0.227. The maximum Gasteiger partial charge on any atom is 0.272 e. The Labute approximate surface area is 167 Å². The quantitative estimate of drug-likeness (QED) is 0.522. The second-order valence-corrected chi connectivity index (χ2v) is 7.27. The Morgan fingerprint density at radius 2 is 1.97 bits per heavy atom.